The molecule has 40 heavy (non-hydrogen) atoms. The van der Waals surface area contributed by atoms with Gasteiger partial charge in [0, 0.05) is 12.4 Å². The molecule has 0 saturated heterocycles. The highest BCUT2D eigenvalue weighted by Crippen LogP contribution is 2.71. The highest BCUT2D eigenvalue weighted by molar-refractivity contribution is 7.70. The molecule has 3 heteroatoms. The van der Waals surface area contributed by atoms with Crippen molar-refractivity contribution in [2.45, 2.75) is 139 Å². The lowest BCUT2D eigenvalue weighted by molar-refractivity contribution is 0.452. The van der Waals surface area contributed by atoms with Crippen molar-refractivity contribution in [1.29, 1.82) is 0 Å². The zero-order valence-corrected chi connectivity index (χ0v) is 26.2. The average Bonchev–Trinajstić information content (AvgIpc) is 3.48. The van der Waals surface area contributed by atoms with E-state index < -0.39 is 6.89 Å². The first kappa shape index (κ1) is 28.2. The monoisotopic (exact) mass is 556 g/mol. The summed E-state index contributed by atoms with van der Waals surface area (Å²) in [5.41, 5.74) is 5.65. The van der Waals surface area contributed by atoms with Crippen LogP contribution in [0.4, 0.5) is 0 Å². The summed E-state index contributed by atoms with van der Waals surface area (Å²) in [7, 11) is 0. The number of hydrogen-bond donors (Lipinski definition) is 0. The zero-order chi connectivity index (χ0) is 27.4. The van der Waals surface area contributed by atoms with Crippen molar-refractivity contribution in [3.63, 3.8) is 0 Å². The van der Waals surface area contributed by atoms with Gasteiger partial charge < -0.3 is 9.13 Å². The van der Waals surface area contributed by atoms with Gasteiger partial charge in [0.05, 0.1) is 12.1 Å². The van der Waals surface area contributed by atoms with Crippen LogP contribution in [0, 0.1) is 5.20 Å². The van der Waals surface area contributed by atoms with Gasteiger partial charge in [0.1, 0.15) is 5.20 Å². The fourth-order valence-corrected chi connectivity index (χ4v) is 16.8. The second-order valence-electron chi connectivity index (χ2n) is 13.3. The molecule has 2 aromatic carbocycles. The van der Waals surface area contributed by atoms with Crippen molar-refractivity contribution in [2.24, 2.45) is 0 Å². The minimum absolute atomic E-state index is 0.357. The predicted molar refractivity (Wildman–Crippen MR) is 174 cm³/mol. The first-order valence-corrected chi connectivity index (χ1v) is 18.8. The molecule has 6 rings (SSSR count). The first-order chi connectivity index (χ1) is 19.7. The van der Waals surface area contributed by atoms with E-state index in [1.165, 1.54) is 107 Å². The molecule has 0 N–H and O–H groups in total. The quantitative estimate of drug-likeness (QED) is 0.256. The summed E-state index contributed by atoms with van der Waals surface area (Å²) in [4.78, 5) is 0. The molecular formula is C37H53N2P. The molecule has 0 radical (unpaired) electrons. The van der Waals surface area contributed by atoms with Crippen molar-refractivity contribution in [2.75, 3.05) is 0 Å². The van der Waals surface area contributed by atoms with Crippen LogP contribution < -0.4 is 0 Å². The molecule has 3 aromatic rings. The van der Waals surface area contributed by atoms with Crippen LogP contribution in [0.1, 0.15) is 133 Å². The van der Waals surface area contributed by atoms with E-state index in [-0.39, 0.29) is 0 Å². The minimum Gasteiger partial charge on any atom is -0.326 e. The predicted octanol–water partition coefficient (Wildman–Crippen LogP) is 11.1. The Morgan fingerprint density at radius 2 is 0.825 bits per heavy atom. The van der Waals surface area contributed by atoms with Crippen molar-refractivity contribution < 1.29 is 0 Å². The van der Waals surface area contributed by atoms with Gasteiger partial charge in [-0.1, -0.05) is 125 Å². The van der Waals surface area contributed by atoms with Crippen molar-refractivity contribution in [3.05, 3.63) is 89.4 Å². The smallest absolute Gasteiger partial charge is 0.109 e. The molecule has 0 aliphatic heterocycles. The minimum atomic E-state index is -1.52. The van der Waals surface area contributed by atoms with E-state index in [1.807, 2.05) is 0 Å². The molecule has 3 saturated carbocycles. The molecule has 1 aromatic heterocycles. The van der Waals surface area contributed by atoms with Gasteiger partial charge in [0.25, 0.3) is 0 Å². The SMILES string of the molecule is CC(c1ccccc1)n1ccn(C(C)c2ccccc2)c1=P(C1CCCCC1)(C1CCCCC1)C1CCCCC1. The third kappa shape index (κ3) is 5.35. The summed E-state index contributed by atoms with van der Waals surface area (Å²) in [6.45, 7) is 3.43. The summed E-state index contributed by atoms with van der Waals surface area (Å²) in [5, 5.41) is 1.80. The molecule has 1 heterocycles. The van der Waals surface area contributed by atoms with Crippen molar-refractivity contribution >= 4 is 6.89 Å². The Balaban J connectivity index is 1.71. The standard InChI is InChI=1S/C37H53N2P/c1-30(32-18-8-3-9-19-32)38-28-29-39(31(2)33-20-10-4-11-21-33)37(38)40(34-22-12-5-13-23-34,35-24-14-6-15-25-35)36-26-16-7-17-27-36/h3-4,8-11,18-21,28-31,34-36H,5-7,12-17,22-27H2,1-2H3. The number of nitrogens with zero attached hydrogens (tertiary/aromatic N) is 2. The maximum absolute atomic E-state index is 2.83. The fraction of sp³-hybridized carbons (Fsp3) is 0.595. The first-order valence-electron chi connectivity index (χ1n) is 16.8. The van der Waals surface area contributed by atoms with E-state index in [4.69, 9.17) is 0 Å². The lowest BCUT2D eigenvalue weighted by atomic mass is 9.99. The van der Waals surface area contributed by atoms with E-state index in [9.17, 15) is 0 Å². The van der Waals surface area contributed by atoms with Crippen LogP contribution in [-0.4, -0.2) is 26.1 Å². The summed E-state index contributed by atoms with van der Waals surface area (Å²) in [6, 6.07) is 23.5. The normalized spacial score (nSPS) is 21.8. The molecule has 216 valence electrons. The largest absolute Gasteiger partial charge is 0.326 e. The Morgan fingerprint density at radius 3 is 1.15 bits per heavy atom. The molecule has 3 fully saturated rings. The number of imidazole rings is 1. The molecular weight excluding hydrogens is 503 g/mol. The number of rotatable bonds is 7. The fourth-order valence-electron chi connectivity index (χ4n) is 9.11. The molecule has 2 unspecified atom stereocenters. The maximum atomic E-state index is 2.83. The molecule has 0 bridgehead atoms. The third-order valence-corrected chi connectivity index (χ3v) is 17.5. The average molecular weight is 557 g/mol. The lowest BCUT2D eigenvalue weighted by Crippen LogP contribution is -2.34. The third-order valence-electron chi connectivity index (χ3n) is 11.1. The van der Waals surface area contributed by atoms with Crippen LogP contribution in [0.5, 0.6) is 0 Å². The van der Waals surface area contributed by atoms with Gasteiger partial charge in [0.2, 0.25) is 0 Å². The van der Waals surface area contributed by atoms with Gasteiger partial charge in [-0.05, 0) is 80.5 Å². The van der Waals surface area contributed by atoms with Crippen LogP contribution in [-0.2, 0) is 0 Å². The maximum Gasteiger partial charge on any atom is 0.109 e. The van der Waals surface area contributed by atoms with Gasteiger partial charge in [-0.25, -0.2) is 0 Å². The summed E-state index contributed by atoms with van der Waals surface area (Å²) in [5.74, 6) is 0. The zero-order valence-electron chi connectivity index (χ0n) is 25.3. The van der Waals surface area contributed by atoms with Crippen molar-refractivity contribution in [3.8, 4) is 0 Å². The summed E-state index contributed by atoms with van der Waals surface area (Å²) in [6.07, 6.45) is 27.0. The van der Waals surface area contributed by atoms with Crippen LogP contribution in [0.2, 0.25) is 0 Å². The number of benzene rings is 2. The Kier molecular flexibility index (Phi) is 9.13. The van der Waals surface area contributed by atoms with Gasteiger partial charge in [-0.2, -0.15) is 0 Å². The van der Waals surface area contributed by atoms with Crippen LogP contribution in [0.15, 0.2) is 73.1 Å². The van der Waals surface area contributed by atoms with Crippen LogP contribution >= 0.6 is 6.89 Å². The summed E-state index contributed by atoms with van der Waals surface area (Å²) < 4.78 is 5.67. The van der Waals surface area contributed by atoms with Gasteiger partial charge in [0.15, 0.2) is 0 Å². The molecule has 3 aliphatic rings. The molecule has 2 nitrogen and oxygen atoms in total. The number of aromatic nitrogens is 2. The Hall–Kier alpha value is -1.92. The highest BCUT2D eigenvalue weighted by Gasteiger charge is 2.45. The van der Waals surface area contributed by atoms with E-state index in [1.54, 1.807) is 5.20 Å². The Labute approximate surface area is 244 Å². The second kappa shape index (κ2) is 12.9. The van der Waals surface area contributed by atoms with Crippen LogP contribution in [0.25, 0.3) is 0 Å². The van der Waals surface area contributed by atoms with Crippen LogP contribution in [0.3, 0.4) is 0 Å². The van der Waals surface area contributed by atoms with Crippen molar-refractivity contribution in [1.82, 2.24) is 9.13 Å². The van der Waals surface area contributed by atoms with Gasteiger partial charge >= 0.3 is 0 Å². The Bertz CT molecular complexity index is 1170. The number of hydrogen-bond acceptors (Lipinski definition) is 0. The lowest BCUT2D eigenvalue weighted by Gasteiger charge is -2.50. The molecule has 3 aliphatic carbocycles. The van der Waals surface area contributed by atoms with Gasteiger partial charge in [-0.15, -0.1) is 0 Å². The molecule has 0 amide bonds. The van der Waals surface area contributed by atoms with Gasteiger partial charge in [-0.3, -0.25) is 0 Å². The van der Waals surface area contributed by atoms with E-state index in [2.05, 4.69) is 96.0 Å². The topological polar surface area (TPSA) is 9.86 Å². The Morgan fingerprint density at radius 1 is 0.500 bits per heavy atom. The molecule has 0 spiro atoms. The van der Waals surface area contributed by atoms with E-state index >= 15 is 0 Å². The highest BCUT2D eigenvalue weighted by atomic mass is 31.2. The second-order valence-corrected chi connectivity index (χ2v) is 17.6. The summed E-state index contributed by atoms with van der Waals surface area (Å²) >= 11 is 0. The molecule has 2 atom stereocenters. The van der Waals surface area contributed by atoms with E-state index in [0.717, 1.165) is 17.0 Å². The van der Waals surface area contributed by atoms with E-state index in [0.29, 0.717) is 12.1 Å².